The van der Waals surface area contributed by atoms with Crippen molar-refractivity contribution in [2.24, 2.45) is 5.73 Å². The average molecular weight is 220 g/mol. The summed E-state index contributed by atoms with van der Waals surface area (Å²) in [5.74, 6) is 0. The second kappa shape index (κ2) is 6.66. The van der Waals surface area contributed by atoms with Crippen LogP contribution in [0.25, 0.3) is 0 Å². The molecule has 0 atom stereocenters. The first-order valence-corrected chi connectivity index (χ1v) is 6.22. The zero-order chi connectivity index (χ0) is 12.0. The van der Waals surface area contributed by atoms with Crippen LogP contribution >= 0.6 is 0 Å². The zero-order valence-electron chi connectivity index (χ0n) is 10.8. The molecule has 1 aromatic carbocycles. The first-order valence-electron chi connectivity index (χ1n) is 6.22. The van der Waals surface area contributed by atoms with Gasteiger partial charge in [-0.25, -0.2) is 0 Å². The fourth-order valence-electron chi connectivity index (χ4n) is 1.97. The minimum atomic E-state index is 0.633. The lowest BCUT2D eigenvalue weighted by atomic mass is 10.0. The van der Waals surface area contributed by atoms with Crippen molar-refractivity contribution < 1.29 is 0 Å². The number of nitrogens with two attached hydrogens (primary N) is 1. The molecule has 0 aliphatic rings. The van der Waals surface area contributed by atoms with Crippen LogP contribution in [0.4, 0.5) is 0 Å². The molecule has 0 radical (unpaired) electrons. The predicted octanol–water partition coefficient (Wildman–Crippen LogP) is 2.69. The first-order chi connectivity index (χ1) is 7.71. The number of aryl methyl sites for hydroxylation is 1. The van der Waals surface area contributed by atoms with Crippen LogP contribution in [0.15, 0.2) is 18.2 Å². The molecule has 1 rings (SSSR count). The van der Waals surface area contributed by atoms with Crippen molar-refractivity contribution in [3.63, 3.8) is 0 Å². The quantitative estimate of drug-likeness (QED) is 0.798. The number of nitrogens with zero attached hydrogens (tertiary/aromatic N) is 1. The Kier molecular flexibility index (Phi) is 5.50. The van der Waals surface area contributed by atoms with E-state index in [-0.39, 0.29) is 0 Å². The number of benzene rings is 1. The Morgan fingerprint density at radius 1 is 1.25 bits per heavy atom. The summed E-state index contributed by atoms with van der Waals surface area (Å²) in [6.07, 6.45) is 1.22. The van der Waals surface area contributed by atoms with Crippen molar-refractivity contribution in [3.05, 3.63) is 34.9 Å². The summed E-state index contributed by atoms with van der Waals surface area (Å²) in [6, 6.07) is 6.56. The van der Waals surface area contributed by atoms with Crippen LogP contribution in [0, 0.1) is 6.92 Å². The van der Waals surface area contributed by atoms with E-state index >= 15 is 0 Å². The van der Waals surface area contributed by atoms with Gasteiger partial charge in [0.15, 0.2) is 0 Å². The second-order valence-electron chi connectivity index (χ2n) is 4.33. The van der Waals surface area contributed by atoms with Gasteiger partial charge in [-0.05, 0) is 43.1 Å². The third-order valence-corrected chi connectivity index (χ3v) is 3.02. The van der Waals surface area contributed by atoms with Crippen molar-refractivity contribution in [2.45, 2.75) is 40.3 Å². The van der Waals surface area contributed by atoms with Crippen molar-refractivity contribution in [2.75, 3.05) is 13.1 Å². The van der Waals surface area contributed by atoms with Gasteiger partial charge in [-0.15, -0.1) is 0 Å². The van der Waals surface area contributed by atoms with Gasteiger partial charge in [-0.2, -0.15) is 0 Å². The molecule has 0 saturated carbocycles. The molecule has 0 spiro atoms. The number of rotatable bonds is 6. The van der Waals surface area contributed by atoms with Crippen LogP contribution in [-0.2, 0) is 13.1 Å². The molecule has 0 heterocycles. The largest absolute Gasteiger partial charge is 0.326 e. The molecule has 0 amide bonds. The lowest BCUT2D eigenvalue weighted by Crippen LogP contribution is -2.24. The van der Waals surface area contributed by atoms with Gasteiger partial charge in [0.25, 0.3) is 0 Å². The van der Waals surface area contributed by atoms with Gasteiger partial charge in [0.05, 0.1) is 0 Å². The Labute approximate surface area is 99.5 Å². The summed E-state index contributed by atoms with van der Waals surface area (Å²) >= 11 is 0. The molecule has 2 N–H and O–H groups in total. The van der Waals surface area contributed by atoms with Gasteiger partial charge in [0.2, 0.25) is 0 Å². The molecule has 0 saturated heterocycles. The summed E-state index contributed by atoms with van der Waals surface area (Å²) in [6.45, 7) is 10.6. The number of hydrogen-bond donors (Lipinski definition) is 1. The van der Waals surface area contributed by atoms with Crippen LogP contribution in [0.3, 0.4) is 0 Å². The van der Waals surface area contributed by atoms with E-state index in [1.165, 1.54) is 29.7 Å². The maximum absolute atomic E-state index is 5.63. The molecule has 16 heavy (non-hydrogen) atoms. The molecule has 2 heteroatoms. The van der Waals surface area contributed by atoms with E-state index < -0.39 is 0 Å². The van der Waals surface area contributed by atoms with Crippen molar-refractivity contribution in [1.29, 1.82) is 0 Å². The van der Waals surface area contributed by atoms with Gasteiger partial charge in [-0.1, -0.05) is 32.0 Å². The highest BCUT2D eigenvalue weighted by Crippen LogP contribution is 2.13. The minimum Gasteiger partial charge on any atom is -0.326 e. The van der Waals surface area contributed by atoms with Gasteiger partial charge < -0.3 is 5.73 Å². The Hall–Kier alpha value is -0.860. The van der Waals surface area contributed by atoms with Crippen molar-refractivity contribution >= 4 is 0 Å². The van der Waals surface area contributed by atoms with Crippen LogP contribution in [0.1, 0.15) is 37.0 Å². The molecule has 0 aromatic heterocycles. The molecule has 0 aliphatic heterocycles. The van der Waals surface area contributed by atoms with Crippen LogP contribution in [0.5, 0.6) is 0 Å². The van der Waals surface area contributed by atoms with Crippen LogP contribution < -0.4 is 5.73 Å². The van der Waals surface area contributed by atoms with E-state index in [1.54, 1.807) is 0 Å². The SMILES string of the molecule is CCCN(CC)Cc1ccc(CN)cc1C. The van der Waals surface area contributed by atoms with E-state index in [9.17, 15) is 0 Å². The van der Waals surface area contributed by atoms with Crippen molar-refractivity contribution in [1.82, 2.24) is 4.90 Å². The van der Waals surface area contributed by atoms with Crippen molar-refractivity contribution in [3.8, 4) is 0 Å². The summed E-state index contributed by atoms with van der Waals surface area (Å²) < 4.78 is 0. The highest BCUT2D eigenvalue weighted by Gasteiger charge is 2.05. The van der Waals surface area contributed by atoms with E-state index in [0.717, 1.165) is 13.1 Å². The topological polar surface area (TPSA) is 29.3 Å². The lowest BCUT2D eigenvalue weighted by molar-refractivity contribution is 0.280. The van der Waals surface area contributed by atoms with Gasteiger partial charge in [0.1, 0.15) is 0 Å². The van der Waals surface area contributed by atoms with Gasteiger partial charge in [0, 0.05) is 13.1 Å². The standard InChI is InChI=1S/C14H24N2/c1-4-8-16(5-2)11-14-7-6-13(10-15)9-12(14)3/h6-7,9H,4-5,8,10-11,15H2,1-3H3. The third kappa shape index (κ3) is 3.62. The monoisotopic (exact) mass is 220 g/mol. The Balaban J connectivity index is 2.72. The van der Waals surface area contributed by atoms with Gasteiger partial charge >= 0.3 is 0 Å². The normalized spacial score (nSPS) is 11.1. The maximum Gasteiger partial charge on any atom is 0.0236 e. The summed E-state index contributed by atoms with van der Waals surface area (Å²) in [7, 11) is 0. The maximum atomic E-state index is 5.63. The predicted molar refractivity (Wildman–Crippen MR) is 70.3 cm³/mol. The summed E-state index contributed by atoms with van der Waals surface area (Å²) in [5.41, 5.74) is 9.64. The van der Waals surface area contributed by atoms with Gasteiger partial charge in [-0.3, -0.25) is 4.90 Å². The van der Waals surface area contributed by atoms with E-state index in [2.05, 4.69) is 43.9 Å². The minimum absolute atomic E-state index is 0.633. The molecule has 2 nitrogen and oxygen atoms in total. The summed E-state index contributed by atoms with van der Waals surface area (Å²) in [4.78, 5) is 2.48. The highest BCUT2D eigenvalue weighted by molar-refractivity contribution is 5.30. The van der Waals surface area contributed by atoms with E-state index in [0.29, 0.717) is 6.54 Å². The molecule has 0 unspecified atom stereocenters. The molecule has 0 bridgehead atoms. The van der Waals surface area contributed by atoms with E-state index in [1.807, 2.05) is 0 Å². The molecular weight excluding hydrogens is 196 g/mol. The molecule has 0 fully saturated rings. The fourth-order valence-corrected chi connectivity index (χ4v) is 1.97. The average Bonchev–Trinajstić information content (AvgIpc) is 2.30. The fraction of sp³-hybridized carbons (Fsp3) is 0.571. The number of hydrogen-bond acceptors (Lipinski definition) is 2. The summed E-state index contributed by atoms with van der Waals surface area (Å²) in [5, 5.41) is 0. The molecule has 1 aromatic rings. The van der Waals surface area contributed by atoms with Crippen LogP contribution in [0.2, 0.25) is 0 Å². The Morgan fingerprint density at radius 3 is 2.50 bits per heavy atom. The molecular formula is C14H24N2. The molecule has 0 aliphatic carbocycles. The third-order valence-electron chi connectivity index (χ3n) is 3.02. The zero-order valence-corrected chi connectivity index (χ0v) is 10.8. The lowest BCUT2D eigenvalue weighted by Gasteiger charge is -2.21. The Morgan fingerprint density at radius 2 is 2.00 bits per heavy atom. The van der Waals surface area contributed by atoms with Crippen LogP contribution in [-0.4, -0.2) is 18.0 Å². The first kappa shape index (κ1) is 13.2. The molecule has 90 valence electrons. The van der Waals surface area contributed by atoms with E-state index in [4.69, 9.17) is 5.73 Å². The highest BCUT2D eigenvalue weighted by atomic mass is 15.1. The second-order valence-corrected chi connectivity index (χ2v) is 4.33. The smallest absolute Gasteiger partial charge is 0.0236 e. The Bertz CT molecular complexity index is 321.